The lowest BCUT2D eigenvalue weighted by molar-refractivity contribution is -0.146. The van der Waals surface area contributed by atoms with E-state index in [-0.39, 0.29) is 11.5 Å². The molecule has 0 unspecified atom stereocenters. The van der Waals surface area contributed by atoms with Crippen LogP contribution in [0.2, 0.25) is 0 Å². The molecule has 0 spiro atoms. The summed E-state index contributed by atoms with van der Waals surface area (Å²) in [5.74, 6) is -0.561. The Labute approximate surface area is 169 Å². The van der Waals surface area contributed by atoms with Crippen LogP contribution in [-0.4, -0.2) is 56.5 Å². The number of fused-ring (bicyclic) bond motifs is 1. The van der Waals surface area contributed by atoms with E-state index in [9.17, 15) is 17.6 Å². The van der Waals surface area contributed by atoms with Gasteiger partial charge in [0.15, 0.2) is 17.3 Å². The number of hydrogen-bond acceptors (Lipinski definition) is 7. The summed E-state index contributed by atoms with van der Waals surface area (Å²) >= 11 is 0. The average Bonchev–Trinajstić information content (AvgIpc) is 3.14. The second-order valence-electron chi connectivity index (χ2n) is 7.39. The summed E-state index contributed by atoms with van der Waals surface area (Å²) in [5.41, 5.74) is 0.347. The van der Waals surface area contributed by atoms with Gasteiger partial charge in [-0.3, -0.25) is 0 Å². The highest BCUT2D eigenvalue weighted by Gasteiger charge is 2.38. The Morgan fingerprint density at radius 2 is 1.87 bits per heavy atom. The summed E-state index contributed by atoms with van der Waals surface area (Å²) in [6.07, 6.45) is -1.69. The van der Waals surface area contributed by atoms with Gasteiger partial charge in [0.25, 0.3) is 5.82 Å². The molecule has 8 nitrogen and oxygen atoms in total. The van der Waals surface area contributed by atoms with Crippen molar-refractivity contribution in [2.24, 2.45) is 5.92 Å². The Kier molecular flexibility index (Phi) is 5.16. The van der Waals surface area contributed by atoms with Gasteiger partial charge < -0.3 is 9.80 Å². The Hall–Kier alpha value is -3.05. The van der Waals surface area contributed by atoms with Gasteiger partial charge in [0.1, 0.15) is 12.1 Å². The van der Waals surface area contributed by atoms with Gasteiger partial charge in [0.2, 0.25) is 0 Å². The van der Waals surface area contributed by atoms with Crippen molar-refractivity contribution in [1.82, 2.24) is 29.8 Å². The second-order valence-corrected chi connectivity index (χ2v) is 7.39. The maximum atomic E-state index is 14.2. The highest BCUT2D eigenvalue weighted by molar-refractivity contribution is 5.46. The molecule has 0 saturated carbocycles. The van der Waals surface area contributed by atoms with Crippen molar-refractivity contribution < 1.29 is 17.6 Å². The lowest BCUT2D eigenvalue weighted by Gasteiger charge is -2.34. The lowest BCUT2D eigenvalue weighted by atomic mass is 9.96. The van der Waals surface area contributed by atoms with E-state index in [0.29, 0.717) is 37.1 Å². The summed E-state index contributed by atoms with van der Waals surface area (Å²) in [6, 6.07) is 3.13. The normalized spacial score (nSPS) is 15.7. The average molecular weight is 424 g/mol. The molecule has 30 heavy (non-hydrogen) atoms. The van der Waals surface area contributed by atoms with Gasteiger partial charge in [0.05, 0.1) is 5.69 Å². The Morgan fingerprint density at radius 3 is 2.57 bits per heavy atom. The lowest BCUT2D eigenvalue weighted by Crippen LogP contribution is -2.38. The molecule has 1 aliphatic heterocycles. The van der Waals surface area contributed by atoms with Crippen molar-refractivity contribution in [3.8, 4) is 0 Å². The zero-order chi connectivity index (χ0) is 21.5. The first-order chi connectivity index (χ1) is 14.2. The van der Waals surface area contributed by atoms with E-state index in [2.05, 4.69) is 25.3 Å². The fraction of sp³-hybridized carbons (Fsp3) is 0.500. The third-order valence-electron chi connectivity index (χ3n) is 5.28. The molecule has 4 heterocycles. The van der Waals surface area contributed by atoms with Crippen molar-refractivity contribution in [3.63, 3.8) is 0 Å². The molecule has 1 saturated heterocycles. The van der Waals surface area contributed by atoms with Gasteiger partial charge in [-0.05, 0) is 37.8 Å². The molecule has 0 atom stereocenters. The molecular weight excluding hydrogens is 404 g/mol. The number of nitrogens with zero attached hydrogens (tertiary/aromatic N) is 8. The van der Waals surface area contributed by atoms with Crippen LogP contribution in [0.15, 0.2) is 18.5 Å². The van der Waals surface area contributed by atoms with Crippen LogP contribution in [0.3, 0.4) is 0 Å². The smallest absolute Gasteiger partial charge is 0.357 e. The minimum absolute atomic E-state index is 0.0461. The maximum absolute atomic E-state index is 14.2. The largest absolute Gasteiger partial charge is 0.453 e. The quantitative estimate of drug-likeness (QED) is 0.596. The third kappa shape index (κ3) is 3.85. The fourth-order valence-corrected chi connectivity index (χ4v) is 3.65. The number of aromatic nitrogens is 6. The van der Waals surface area contributed by atoms with Gasteiger partial charge in [-0.15, -0.1) is 15.3 Å². The first kappa shape index (κ1) is 20.2. The summed E-state index contributed by atoms with van der Waals surface area (Å²) in [5, 5.41) is 10.8. The van der Waals surface area contributed by atoms with Gasteiger partial charge >= 0.3 is 6.18 Å². The van der Waals surface area contributed by atoms with Crippen molar-refractivity contribution >= 4 is 17.3 Å². The van der Waals surface area contributed by atoms with Crippen molar-refractivity contribution in [1.29, 1.82) is 0 Å². The number of aryl methyl sites for hydroxylation is 1. The number of halogens is 4. The van der Waals surface area contributed by atoms with Crippen LogP contribution in [0.5, 0.6) is 0 Å². The molecule has 12 heteroatoms. The number of piperidine rings is 1. The van der Waals surface area contributed by atoms with Crippen LogP contribution in [0.25, 0.3) is 5.65 Å². The topological polar surface area (TPSA) is 75.3 Å². The SMILES string of the molecule is Cc1ncnc(N(C)CC2CCN(c3ccc4nnc(C(F)(F)F)n4n3)CC2)c1F. The molecule has 160 valence electrons. The molecule has 0 aliphatic carbocycles. The van der Waals surface area contributed by atoms with E-state index >= 15 is 0 Å². The molecular formula is C18H20F4N8. The standard InChI is InChI=1S/C18H20F4N8/c1-11-15(19)16(24-10-23-11)28(2)9-12-5-7-29(8-6-12)14-4-3-13-25-26-17(18(20,21)22)30(13)27-14/h3-4,10,12H,5-9H2,1-2H3. The van der Waals surface area contributed by atoms with E-state index in [4.69, 9.17) is 0 Å². The van der Waals surface area contributed by atoms with Gasteiger partial charge in [-0.1, -0.05) is 0 Å². The molecule has 1 aliphatic rings. The molecule has 3 aromatic heterocycles. The van der Waals surface area contributed by atoms with E-state index in [0.717, 1.165) is 17.4 Å². The molecule has 0 aromatic carbocycles. The molecule has 0 bridgehead atoms. The number of rotatable bonds is 4. The highest BCUT2D eigenvalue weighted by atomic mass is 19.4. The summed E-state index contributed by atoms with van der Waals surface area (Å²) < 4.78 is 54.2. The van der Waals surface area contributed by atoms with E-state index < -0.39 is 17.8 Å². The van der Waals surface area contributed by atoms with Crippen molar-refractivity contribution in [3.05, 3.63) is 35.8 Å². The zero-order valence-corrected chi connectivity index (χ0v) is 16.4. The Morgan fingerprint density at radius 1 is 1.13 bits per heavy atom. The van der Waals surface area contributed by atoms with E-state index in [1.54, 1.807) is 24.9 Å². The number of hydrogen-bond donors (Lipinski definition) is 0. The third-order valence-corrected chi connectivity index (χ3v) is 5.28. The Balaban J connectivity index is 1.43. The molecule has 0 radical (unpaired) electrons. The zero-order valence-electron chi connectivity index (χ0n) is 16.4. The summed E-state index contributed by atoms with van der Waals surface area (Å²) in [4.78, 5) is 11.6. The molecule has 0 amide bonds. The summed E-state index contributed by atoms with van der Waals surface area (Å²) in [7, 11) is 1.79. The van der Waals surface area contributed by atoms with Crippen LogP contribution in [0.4, 0.5) is 29.2 Å². The van der Waals surface area contributed by atoms with Gasteiger partial charge in [0, 0.05) is 26.7 Å². The second kappa shape index (κ2) is 7.65. The maximum Gasteiger partial charge on any atom is 0.453 e. The predicted molar refractivity (Wildman–Crippen MR) is 101 cm³/mol. The minimum atomic E-state index is -4.63. The number of alkyl halides is 3. The fourth-order valence-electron chi connectivity index (χ4n) is 3.65. The Bertz CT molecular complexity index is 1040. The molecule has 4 rings (SSSR count). The van der Waals surface area contributed by atoms with Crippen molar-refractivity contribution in [2.75, 3.05) is 36.5 Å². The van der Waals surface area contributed by atoms with Gasteiger partial charge in [-0.2, -0.15) is 17.7 Å². The minimum Gasteiger partial charge on any atom is -0.357 e. The number of anilines is 2. The first-order valence-corrected chi connectivity index (χ1v) is 9.47. The van der Waals surface area contributed by atoms with E-state index in [1.807, 2.05) is 4.90 Å². The van der Waals surface area contributed by atoms with Crippen molar-refractivity contribution in [2.45, 2.75) is 25.9 Å². The first-order valence-electron chi connectivity index (χ1n) is 9.47. The van der Waals surface area contributed by atoms with Crippen LogP contribution in [-0.2, 0) is 6.18 Å². The highest BCUT2D eigenvalue weighted by Crippen LogP contribution is 2.29. The van der Waals surface area contributed by atoms with Crippen LogP contribution < -0.4 is 9.80 Å². The molecule has 1 fully saturated rings. The van der Waals surface area contributed by atoms with Crippen LogP contribution in [0, 0.1) is 18.7 Å². The summed E-state index contributed by atoms with van der Waals surface area (Å²) in [6.45, 7) is 3.48. The van der Waals surface area contributed by atoms with Crippen LogP contribution >= 0.6 is 0 Å². The predicted octanol–water partition coefficient (Wildman–Crippen LogP) is 2.73. The van der Waals surface area contributed by atoms with Gasteiger partial charge in [-0.25, -0.2) is 14.4 Å². The molecule has 3 aromatic rings. The molecule has 0 N–H and O–H groups in total. The monoisotopic (exact) mass is 424 g/mol. The van der Waals surface area contributed by atoms with E-state index in [1.165, 1.54) is 12.4 Å². The van der Waals surface area contributed by atoms with Crippen LogP contribution in [0.1, 0.15) is 24.4 Å².